The third-order valence-corrected chi connectivity index (χ3v) is 10.7. The van der Waals surface area contributed by atoms with Crippen LogP contribution in [0.5, 0.6) is 0 Å². The van der Waals surface area contributed by atoms with Gasteiger partial charge >= 0.3 is 7.82 Å². The van der Waals surface area contributed by atoms with Crippen molar-refractivity contribution in [3.05, 3.63) is 36.5 Å². The van der Waals surface area contributed by atoms with Crippen LogP contribution in [-0.4, -0.2) is 108 Å². The molecule has 0 aliphatic heterocycles. The minimum Gasteiger partial charge on any atom is -0.393 e. The number of aliphatic hydroxyl groups excluding tert-OH is 7. The highest BCUT2D eigenvalue weighted by atomic mass is 31.2. The summed E-state index contributed by atoms with van der Waals surface area (Å²) in [6, 6.07) is -1.24. The van der Waals surface area contributed by atoms with Gasteiger partial charge < -0.3 is 46.0 Å². The third-order valence-electron chi connectivity index (χ3n) is 9.70. The van der Waals surface area contributed by atoms with Crippen molar-refractivity contribution in [2.24, 2.45) is 0 Å². The minimum atomic E-state index is -5.12. The lowest BCUT2D eigenvalue weighted by Crippen LogP contribution is -2.64. The summed E-state index contributed by atoms with van der Waals surface area (Å²) in [6.07, 6.45) is 19.6. The Balaban J connectivity index is 2.33. The third kappa shape index (κ3) is 22.9. The number of unbranched alkanes of at least 4 members (excludes halogenated alkanes) is 15. The molecule has 0 aromatic heterocycles. The molecule has 0 spiro atoms. The molecular weight excluding hydrogens is 717 g/mol. The number of allylic oxidation sites excluding steroid dienone is 5. The second-order valence-corrected chi connectivity index (χ2v) is 16.1. The van der Waals surface area contributed by atoms with E-state index >= 15 is 0 Å². The van der Waals surface area contributed by atoms with E-state index in [1.165, 1.54) is 70.3 Å². The predicted molar refractivity (Wildman–Crippen MR) is 210 cm³/mol. The lowest BCUT2D eigenvalue weighted by atomic mass is 9.85. The van der Waals surface area contributed by atoms with Crippen LogP contribution in [0.2, 0.25) is 0 Å². The average molecular weight is 792 g/mol. The molecule has 0 heterocycles. The lowest BCUT2D eigenvalue weighted by Gasteiger charge is -2.41. The molecule has 1 aliphatic carbocycles. The molecule has 1 rings (SSSR count). The first kappa shape index (κ1) is 50.5. The summed E-state index contributed by atoms with van der Waals surface area (Å²) in [7, 11) is -5.12. The Bertz CT molecular complexity index is 1080. The van der Waals surface area contributed by atoms with Gasteiger partial charge in [-0.15, -0.1) is 0 Å². The normalized spacial score (nSPS) is 25.0. The van der Waals surface area contributed by atoms with Crippen LogP contribution in [0.4, 0.5) is 0 Å². The maximum absolute atomic E-state index is 12.8. The van der Waals surface area contributed by atoms with Crippen molar-refractivity contribution in [1.82, 2.24) is 5.32 Å². The lowest BCUT2D eigenvalue weighted by molar-refractivity contribution is -0.220. The van der Waals surface area contributed by atoms with E-state index in [1.54, 1.807) is 6.08 Å². The maximum atomic E-state index is 12.8. The van der Waals surface area contributed by atoms with Gasteiger partial charge in [-0.25, -0.2) is 4.57 Å². The molecule has 0 radical (unpaired) electrons. The van der Waals surface area contributed by atoms with Gasteiger partial charge in [0, 0.05) is 0 Å². The highest BCUT2D eigenvalue weighted by Crippen LogP contribution is 2.47. The van der Waals surface area contributed by atoms with E-state index in [9.17, 15) is 50.0 Å². The molecule has 1 fully saturated rings. The quantitative estimate of drug-likeness (QED) is 0.0237. The van der Waals surface area contributed by atoms with Crippen molar-refractivity contribution in [3.63, 3.8) is 0 Å². The Morgan fingerprint density at radius 1 is 0.667 bits per heavy atom. The fourth-order valence-electron chi connectivity index (χ4n) is 6.28. The zero-order valence-electron chi connectivity index (χ0n) is 32.9. The molecule has 14 heteroatoms. The molecule has 13 nitrogen and oxygen atoms in total. The number of hydrogen-bond donors (Lipinski definition) is 9. The van der Waals surface area contributed by atoms with Gasteiger partial charge in [-0.1, -0.05) is 134 Å². The summed E-state index contributed by atoms with van der Waals surface area (Å²) in [4.78, 5) is 23.0. The molecule has 0 aromatic carbocycles. The van der Waals surface area contributed by atoms with E-state index in [-0.39, 0.29) is 6.42 Å². The van der Waals surface area contributed by atoms with Gasteiger partial charge in [-0.2, -0.15) is 0 Å². The molecule has 54 heavy (non-hydrogen) atoms. The highest BCUT2D eigenvalue weighted by Gasteiger charge is 2.51. The Labute approximate surface area is 324 Å². The zero-order valence-corrected chi connectivity index (χ0v) is 33.8. The SMILES string of the molecule is CCC/C=C/C(O)C(COP(=O)(O)OC1C(O)C(O)C(O)C(O)C1O)NC(=O)CC(O)CCCCCCC/C=C\C/C=C\CCCCCCCCCCC. The van der Waals surface area contributed by atoms with Crippen molar-refractivity contribution in [2.75, 3.05) is 6.61 Å². The molecule has 8 atom stereocenters. The van der Waals surface area contributed by atoms with E-state index < -0.39 is 75.2 Å². The van der Waals surface area contributed by atoms with E-state index in [1.807, 2.05) is 6.92 Å². The summed E-state index contributed by atoms with van der Waals surface area (Å²) < 4.78 is 22.5. The average Bonchev–Trinajstić information content (AvgIpc) is 3.14. The first-order valence-electron chi connectivity index (χ1n) is 20.5. The fraction of sp³-hybridized carbons (Fsp3) is 0.825. The number of aliphatic hydroxyl groups is 7. The summed E-state index contributed by atoms with van der Waals surface area (Å²) in [5.74, 6) is -0.615. The van der Waals surface area contributed by atoms with Crippen LogP contribution < -0.4 is 5.32 Å². The van der Waals surface area contributed by atoms with Crippen LogP contribution in [0.3, 0.4) is 0 Å². The number of phosphoric acid groups is 1. The Hall–Kier alpha value is -1.48. The van der Waals surface area contributed by atoms with Crippen molar-refractivity contribution in [1.29, 1.82) is 0 Å². The second-order valence-electron chi connectivity index (χ2n) is 14.7. The van der Waals surface area contributed by atoms with Gasteiger partial charge in [-0.05, 0) is 44.9 Å². The number of phosphoric ester groups is 1. The van der Waals surface area contributed by atoms with Crippen molar-refractivity contribution >= 4 is 13.7 Å². The first-order valence-corrected chi connectivity index (χ1v) is 22.0. The molecule has 1 amide bonds. The monoisotopic (exact) mass is 791 g/mol. The Morgan fingerprint density at radius 3 is 1.70 bits per heavy atom. The number of carbonyl (C=O) groups excluding carboxylic acids is 1. The molecule has 9 N–H and O–H groups in total. The van der Waals surface area contributed by atoms with Crippen molar-refractivity contribution in [3.8, 4) is 0 Å². The summed E-state index contributed by atoms with van der Waals surface area (Å²) in [5, 5.41) is 73.4. The van der Waals surface area contributed by atoms with Crippen LogP contribution in [0, 0.1) is 0 Å². The fourth-order valence-corrected chi connectivity index (χ4v) is 7.24. The van der Waals surface area contributed by atoms with E-state index in [2.05, 4.69) is 36.5 Å². The van der Waals surface area contributed by atoms with Gasteiger partial charge in [0.2, 0.25) is 5.91 Å². The largest absolute Gasteiger partial charge is 0.472 e. The zero-order chi connectivity index (χ0) is 40.2. The van der Waals surface area contributed by atoms with Crippen LogP contribution in [0.15, 0.2) is 36.5 Å². The minimum absolute atomic E-state index is 0.258. The van der Waals surface area contributed by atoms with E-state index in [0.717, 1.165) is 51.4 Å². The van der Waals surface area contributed by atoms with Gasteiger partial charge in [0.25, 0.3) is 0 Å². The molecule has 0 aromatic rings. The van der Waals surface area contributed by atoms with Crippen molar-refractivity contribution in [2.45, 2.75) is 204 Å². The number of nitrogens with one attached hydrogen (secondary N) is 1. The number of hydrogen-bond acceptors (Lipinski definition) is 11. The van der Waals surface area contributed by atoms with Crippen LogP contribution in [0.25, 0.3) is 0 Å². The highest BCUT2D eigenvalue weighted by molar-refractivity contribution is 7.47. The standard InChI is InChI=1S/C40H74NO12P/c1-3-5-7-8-9-10-11-12-13-14-15-16-17-18-19-20-21-22-23-24-26-27-31(42)29-34(44)41-32(33(43)28-25-6-4-2)30-52-54(50,51)53-40-38(48)36(46)35(45)37(47)39(40)49/h15-16,18-19,25,28,31-33,35-40,42-43,45-49H,3-14,17,20-24,26-27,29-30H2,1-2H3,(H,41,44)(H,50,51)/b16-15-,19-18-,28-25+. The first-order chi connectivity index (χ1) is 25.8. The van der Waals surface area contributed by atoms with E-state index in [0.29, 0.717) is 12.8 Å². The Morgan fingerprint density at radius 2 is 1.17 bits per heavy atom. The molecule has 1 saturated carbocycles. The van der Waals surface area contributed by atoms with Gasteiger partial charge in [0.15, 0.2) is 0 Å². The smallest absolute Gasteiger partial charge is 0.393 e. The summed E-state index contributed by atoms with van der Waals surface area (Å²) in [6.45, 7) is 3.44. The molecule has 0 saturated heterocycles. The van der Waals surface area contributed by atoms with E-state index in [4.69, 9.17) is 9.05 Å². The molecular formula is C40H74NO12P. The molecule has 316 valence electrons. The maximum Gasteiger partial charge on any atom is 0.472 e. The molecule has 8 unspecified atom stereocenters. The Kier molecular flexibility index (Phi) is 28.7. The number of amides is 1. The second kappa shape index (κ2) is 30.6. The van der Waals surface area contributed by atoms with Crippen LogP contribution >= 0.6 is 7.82 Å². The topological polar surface area (TPSA) is 226 Å². The van der Waals surface area contributed by atoms with Crippen molar-refractivity contribution < 1.29 is 59.0 Å². The molecule has 0 bridgehead atoms. The van der Waals surface area contributed by atoms with Gasteiger partial charge in [0.1, 0.15) is 36.6 Å². The number of carbonyl (C=O) groups is 1. The number of rotatable bonds is 32. The summed E-state index contributed by atoms with van der Waals surface area (Å²) in [5.41, 5.74) is 0. The van der Waals surface area contributed by atoms with Crippen LogP contribution in [0.1, 0.15) is 149 Å². The van der Waals surface area contributed by atoms with Gasteiger partial charge in [0.05, 0.1) is 31.3 Å². The predicted octanol–water partition coefficient (Wildman–Crippen LogP) is 5.41. The van der Waals surface area contributed by atoms with Crippen LogP contribution in [-0.2, 0) is 18.4 Å². The van der Waals surface area contributed by atoms with Gasteiger partial charge in [-0.3, -0.25) is 13.8 Å². The molecule has 1 aliphatic rings. The summed E-state index contributed by atoms with van der Waals surface area (Å²) >= 11 is 0.